The minimum atomic E-state index is -0.960. The van der Waals surface area contributed by atoms with E-state index in [2.05, 4.69) is 6.58 Å². The van der Waals surface area contributed by atoms with Crippen molar-refractivity contribution in [2.45, 2.75) is 6.92 Å². The highest BCUT2D eigenvalue weighted by Crippen LogP contribution is 2.13. The van der Waals surface area contributed by atoms with Gasteiger partial charge in [0.15, 0.2) is 0 Å². The van der Waals surface area contributed by atoms with Crippen molar-refractivity contribution >= 4 is 17.7 Å². The predicted octanol–water partition coefficient (Wildman–Crippen LogP) is 1.85. The molecule has 2 nitrogen and oxygen atoms in total. The number of hydrogen-bond acceptors (Lipinski definition) is 2. The second kappa shape index (κ2) is 4.21. The molecule has 0 aromatic heterocycles. The molecule has 9 heavy (non-hydrogen) atoms. The molecule has 0 aliphatic rings. The number of carbonyl (C=O) groups is 1. The van der Waals surface area contributed by atoms with Gasteiger partial charge in [0.25, 0.3) is 0 Å². The maximum atomic E-state index is 10.1. The van der Waals surface area contributed by atoms with E-state index in [1.54, 1.807) is 11.5 Å². The summed E-state index contributed by atoms with van der Waals surface area (Å²) >= 11 is 1.11. The Morgan fingerprint density at radius 1 is 1.78 bits per heavy atom. The zero-order valence-corrected chi connectivity index (χ0v) is 5.94. The molecule has 0 atom stereocenters. The summed E-state index contributed by atoms with van der Waals surface area (Å²) in [5.41, 5.74) is 0. The minimum absolute atomic E-state index is 0.146. The van der Waals surface area contributed by atoms with Crippen LogP contribution in [0.15, 0.2) is 23.0 Å². The summed E-state index contributed by atoms with van der Waals surface area (Å²) < 4.78 is 0. The molecular weight excluding hydrogens is 136 g/mol. The van der Waals surface area contributed by atoms with Gasteiger partial charge in [0.2, 0.25) is 0 Å². The maximum absolute atomic E-state index is 10.1. The van der Waals surface area contributed by atoms with Crippen molar-refractivity contribution in [2.75, 3.05) is 0 Å². The Morgan fingerprint density at radius 3 is 2.67 bits per heavy atom. The molecule has 0 radical (unpaired) electrons. The van der Waals surface area contributed by atoms with Crippen LogP contribution in [0, 0.1) is 0 Å². The Labute approximate surface area is 58.3 Å². The molecule has 0 rings (SSSR count). The van der Waals surface area contributed by atoms with Gasteiger partial charge in [0.1, 0.15) is 0 Å². The lowest BCUT2D eigenvalue weighted by Crippen LogP contribution is -1.92. The van der Waals surface area contributed by atoms with Gasteiger partial charge < -0.3 is 5.11 Å². The predicted molar refractivity (Wildman–Crippen MR) is 39.2 cm³/mol. The van der Waals surface area contributed by atoms with Crippen LogP contribution >= 0.6 is 11.8 Å². The van der Waals surface area contributed by atoms with Gasteiger partial charge in [-0.05, 0) is 12.3 Å². The molecule has 3 heteroatoms. The minimum Gasteiger partial charge on any atom is -0.477 e. The number of rotatable bonds is 3. The third kappa shape index (κ3) is 3.85. The number of thioether (sulfide) groups is 1. The van der Waals surface area contributed by atoms with Crippen molar-refractivity contribution in [1.29, 1.82) is 0 Å². The summed E-state index contributed by atoms with van der Waals surface area (Å²) in [6.45, 7) is 5.13. The maximum Gasteiger partial charge on any atom is 0.341 e. The largest absolute Gasteiger partial charge is 0.477 e. The van der Waals surface area contributed by atoms with Crippen molar-refractivity contribution < 1.29 is 9.90 Å². The van der Waals surface area contributed by atoms with E-state index in [1.165, 1.54) is 0 Å². The third-order valence-corrected chi connectivity index (χ3v) is 1.45. The van der Waals surface area contributed by atoms with Crippen molar-refractivity contribution in [3.8, 4) is 0 Å². The molecule has 0 amide bonds. The number of carboxylic acids is 1. The molecule has 0 unspecified atom stereocenters. The van der Waals surface area contributed by atoms with E-state index in [4.69, 9.17) is 5.11 Å². The fraction of sp³-hybridized carbons (Fsp3) is 0.167. The van der Waals surface area contributed by atoms with Gasteiger partial charge in [-0.25, -0.2) is 4.79 Å². The molecule has 0 saturated carbocycles. The summed E-state index contributed by atoms with van der Waals surface area (Å²) in [5, 5.41) is 9.93. The monoisotopic (exact) mass is 144 g/mol. The average molecular weight is 144 g/mol. The highest BCUT2D eigenvalue weighted by molar-refractivity contribution is 8.06. The van der Waals surface area contributed by atoms with Crippen LogP contribution in [0.1, 0.15) is 6.92 Å². The van der Waals surface area contributed by atoms with Gasteiger partial charge in [0.05, 0.1) is 4.91 Å². The molecule has 0 aromatic rings. The highest BCUT2D eigenvalue weighted by Gasteiger charge is 1.99. The SMILES string of the molecule is C=C(SC=CC)C(=O)O. The lowest BCUT2D eigenvalue weighted by Gasteiger charge is -1.89. The van der Waals surface area contributed by atoms with E-state index >= 15 is 0 Å². The molecule has 0 fully saturated rings. The highest BCUT2D eigenvalue weighted by atomic mass is 32.2. The molecule has 0 aromatic carbocycles. The quantitative estimate of drug-likeness (QED) is 0.614. The van der Waals surface area contributed by atoms with Gasteiger partial charge in [-0.1, -0.05) is 24.4 Å². The first-order valence-corrected chi connectivity index (χ1v) is 3.26. The molecular formula is C6H8O2S. The number of allylic oxidation sites excluding steroid dienone is 1. The Balaban J connectivity index is 3.65. The van der Waals surface area contributed by atoms with Crippen molar-refractivity contribution in [3.63, 3.8) is 0 Å². The topological polar surface area (TPSA) is 37.3 Å². The Bertz CT molecular complexity index is 149. The lowest BCUT2D eigenvalue weighted by molar-refractivity contribution is -0.131. The van der Waals surface area contributed by atoms with Gasteiger partial charge in [-0.2, -0.15) is 0 Å². The van der Waals surface area contributed by atoms with E-state index in [9.17, 15) is 4.79 Å². The number of hydrogen-bond donors (Lipinski definition) is 1. The molecule has 50 valence electrons. The van der Waals surface area contributed by atoms with Crippen LogP contribution in [-0.2, 0) is 4.79 Å². The smallest absolute Gasteiger partial charge is 0.341 e. The van der Waals surface area contributed by atoms with Crippen LogP contribution in [0.5, 0.6) is 0 Å². The molecule has 0 bridgehead atoms. The van der Waals surface area contributed by atoms with Crippen molar-refractivity contribution in [1.82, 2.24) is 0 Å². The van der Waals surface area contributed by atoms with E-state index in [-0.39, 0.29) is 4.91 Å². The second-order valence-corrected chi connectivity index (χ2v) is 2.32. The van der Waals surface area contributed by atoms with Gasteiger partial charge in [0, 0.05) is 0 Å². The number of carboxylic acid groups (broad SMARTS) is 1. The van der Waals surface area contributed by atoms with Crippen LogP contribution in [0.2, 0.25) is 0 Å². The fourth-order valence-corrected chi connectivity index (χ4v) is 0.602. The Morgan fingerprint density at radius 2 is 2.33 bits per heavy atom. The summed E-state index contributed by atoms with van der Waals surface area (Å²) in [7, 11) is 0. The standard InChI is InChI=1S/C6H8O2S/c1-3-4-9-5(2)6(7)8/h3-4H,2H2,1H3,(H,7,8). The first kappa shape index (κ1) is 8.30. The third-order valence-electron chi connectivity index (χ3n) is 0.585. The Hall–Kier alpha value is -0.700. The second-order valence-electron chi connectivity index (χ2n) is 1.32. The van der Waals surface area contributed by atoms with E-state index in [0.717, 1.165) is 11.8 Å². The molecule has 1 N–H and O–H groups in total. The number of aliphatic carboxylic acids is 1. The van der Waals surface area contributed by atoms with Gasteiger partial charge in [-0.15, -0.1) is 0 Å². The van der Waals surface area contributed by atoms with Crippen molar-refractivity contribution in [3.05, 3.63) is 23.0 Å². The average Bonchev–Trinajstić information content (AvgIpc) is 1.82. The Kier molecular flexibility index (Phi) is 3.88. The molecule has 0 saturated heterocycles. The van der Waals surface area contributed by atoms with Crippen LogP contribution in [0.3, 0.4) is 0 Å². The van der Waals surface area contributed by atoms with Gasteiger partial charge in [-0.3, -0.25) is 0 Å². The first-order chi connectivity index (χ1) is 4.18. The van der Waals surface area contributed by atoms with Gasteiger partial charge >= 0.3 is 5.97 Å². The zero-order valence-electron chi connectivity index (χ0n) is 5.13. The van der Waals surface area contributed by atoms with Crippen LogP contribution < -0.4 is 0 Å². The summed E-state index contributed by atoms with van der Waals surface area (Å²) in [4.78, 5) is 10.2. The molecule has 0 aliphatic heterocycles. The van der Waals surface area contributed by atoms with Crippen molar-refractivity contribution in [2.24, 2.45) is 0 Å². The van der Waals surface area contributed by atoms with Crippen LogP contribution in [-0.4, -0.2) is 11.1 Å². The molecule has 0 spiro atoms. The van der Waals surface area contributed by atoms with E-state index in [0.29, 0.717) is 0 Å². The first-order valence-electron chi connectivity index (χ1n) is 2.38. The van der Waals surface area contributed by atoms with E-state index < -0.39 is 5.97 Å². The van der Waals surface area contributed by atoms with Crippen LogP contribution in [0.25, 0.3) is 0 Å². The van der Waals surface area contributed by atoms with Crippen LogP contribution in [0.4, 0.5) is 0 Å². The lowest BCUT2D eigenvalue weighted by atomic mass is 10.7. The normalized spacial score (nSPS) is 9.89. The zero-order chi connectivity index (χ0) is 7.28. The fourth-order valence-electron chi connectivity index (χ4n) is 0.201. The summed E-state index contributed by atoms with van der Waals surface area (Å²) in [5.74, 6) is -0.960. The van der Waals surface area contributed by atoms with E-state index in [1.807, 2.05) is 6.92 Å². The molecule has 0 heterocycles. The molecule has 0 aliphatic carbocycles. The summed E-state index contributed by atoms with van der Waals surface area (Å²) in [6, 6.07) is 0. The summed E-state index contributed by atoms with van der Waals surface area (Å²) in [6.07, 6.45) is 1.76.